The first-order chi connectivity index (χ1) is 16.9. The number of ether oxygens (including phenoxy) is 2. The van der Waals surface area contributed by atoms with Crippen molar-refractivity contribution in [3.63, 3.8) is 0 Å². The number of rotatable bonds is 7. The number of benzene rings is 3. The van der Waals surface area contributed by atoms with Gasteiger partial charge in [0, 0.05) is 18.5 Å². The van der Waals surface area contributed by atoms with E-state index >= 15 is 0 Å². The first-order valence-corrected chi connectivity index (χ1v) is 11.9. The second kappa shape index (κ2) is 11.1. The summed E-state index contributed by atoms with van der Waals surface area (Å²) in [7, 11) is 1.53. The van der Waals surface area contributed by atoms with Crippen molar-refractivity contribution in [2.75, 3.05) is 13.7 Å². The first-order valence-electron chi connectivity index (χ1n) is 11.9. The summed E-state index contributed by atoms with van der Waals surface area (Å²) in [5.41, 5.74) is 3.00. The molecule has 0 saturated carbocycles. The predicted octanol–water partition coefficient (Wildman–Crippen LogP) is 6.31. The molecule has 0 aromatic heterocycles. The molecule has 1 aliphatic heterocycles. The maximum Gasteiger partial charge on any atom is 0.573 e. The van der Waals surface area contributed by atoms with Crippen LogP contribution in [0, 0.1) is 5.92 Å². The van der Waals surface area contributed by atoms with Crippen molar-refractivity contribution in [3.8, 4) is 11.5 Å². The van der Waals surface area contributed by atoms with E-state index in [0.29, 0.717) is 17.7 Å². The third-order valence-corrected chi connectivity index (χ3v) is 6.73. The van der Waals surface area contributed by atoms with Crippen LogP contribution >= 0.6 is 0 Å². The Bertz CT molecular complexity index is 1040. The lowest BCUT2D eigenvalue weighted by Crippen LogP contribution is -2.49. The van der Waals surface area contributed by atoms with E-state index in [4.69, 9.17) is 10.6 Å². The number of methoxy groups -OCH3 is 1. The van der Waals surface area contributed by atoms with Crippen LogP contribution in [0.25, 0.3) is 0 Å². The molecule has 0 spiro atoms. The van der Waals surface area contributed by atoms with Gasteiger partial charge in [0.1, 0.15) is 11.5 Å². The Morgan fingerprint density at radius 3 is 2.14 bits per heavy atom. The summed E-state index contributed by atoms with van der Waals surface area (Å²) in [6, 6.07) is 24.8. The summed E-state index contributed by atoms with van der Waals surface area (Å²) in [6.45, 7) is 0.756. The van der Waals surface area contributed by atoms with Crippen molar-refractivity contribution >= 4 is 0 Å². The lowest BCUT2D eigenvalue weighted by molar-refractivity contribution is -0.274. The molecule has 35 heavy (non-hydrogen) atoms. The molecule has 4 nitrogen and oxygen atoms in total. The van der Waals surface area contributed by atoms with Gasteiger partial charge in [-0.2, -0.15) is 0 Å². The minimum absolute atomic E-state index is 0.00565. The highest BCUT2D eigenvalue weighted by Crippen LogP contribution is 2.40. The molecule has 0 radical (unpaired) electrons. The van der Waals surface area contributed by atoms with Crippen LogP contribution in [0.15, 0.2) is 78.9 Å². The molecule has 0 aliphatic carbocycles. The van der Waals surface area contributed by atoms with Crippen molar-refractivity contribution < 1.29 is 22.6 Å². The average Bonchev–Trinajstić information content (AvgIpc) is 3.01. The smallest absolute Gasteiger partial charge is 0.496 e. The van der Waals surface area contributed by atoms with Gasteiger partial charge in [-0.3, -0.25) is 5.84 Å². The van der Waals surface area contributed by atoms with Crippen LogP contribution in [0.1, 0.15) is 41.9 Å². The van der Waals surface area contributed by atoms with Crippen LogP contribution in [0.4, 0.5) is 13.2 Å². The minimum Gasteiger partial charge on any atom is -0.496 e. The molecule has 1 fully saturated rings. The Balaban J connectivity index is 1.75. The van der Waals surface area contributed by atoms with Crippen molar-refractivity contribution in [2.24, 2.45) is 11.8 Å². The molecular formula is C28H31F3N2O2. The average molecular weight is 485 g/mol. The highest BCUT2D eigenvalue weighted by molar-refractivity contribution is 5.41. The highest BCUT2D eigenvalue weighted by atomic mass is 19.4. The van der Waals surface area contributed by atoms with Gasteiger partial charge in [-0.15, -0.1) is 13.2 Å². The molecule has 2 N–H and O–H groups in total. The summed E-state index contributed by atoms with van der Waals surface area (Å²) < 4.78 is 48.4. The van der Waals surface area contributed by atoms with Crippen molar-refractivity contribution in [3.05, 3.63) is 95.6 Å². The zero-order valence-electron chi connectivity index (χ0n) is 19.7. The summed E-state index contributed by atoms with van der Waals surface area (Å²) in [4.78, 5) is 0. The molecule has 186 valence electrons. The molecular weight excluding hydrogens is 453 g/mol. The molecule has 4 rings (SSSR count). The van der Waals surface area contributed by atoms with Crippen LogP contribution in [-0.4, -0.2) is 31.1 Å². The van der Waals surface area contributed by atoms with E-state index in [9.17, 15) is 13.2 Å². The second-order valence-corrected chi connectivity index (χ2v) is 9.01. The second-order valence-electron chi connectivity index (χ2n) is 9.01. The van der Waals surface area contributed by atoms with E-state index in [1.807, 2.05) is 41.4 Å². The lowest BCUT2D eigenvalue weighted by Gasteiger charge is -2.39. The van der Waals surface area contributed by atoms with Crippen LogP contribution in [-0.2, 0) is 6.42 Å². The fraction of sp³-hybridized carbons (Fsp3) is 0.357. The van der Waals surface area contributed by atoms with E-state index in [1.165, 1.54) is 25.3 Å². The first kappa shape index (κ1) is 25.1. The summed E-state index contributed by atoms with van der Waals surface area (Å²) >= 11 is 0. The topological polar surface area (TPSA) is 47.7 Å². The van der Waals surface area contributed by atoms with Crippen molar-refractivity contribution in [1.29, 1.82) is 0 Å². The maximum absolute atomic E-state index is 12.9. The van der Waals surface area contributed by atoms with Crippen LogP contribution in [0.5, 0.6) is 11.5 Å². The predicted molar refractivity (Wildman–Crippen MR) is 130 cm³/mol. The standard InChI is InChI=1S/C28H31F3N2O2/c1-34-25-16-15-24(35-28(29,30)31)19-23(25)18-22-14-8-9-17-33(32)27(22)26(20-10-4-2-5-11-20)21-12-6-3-7-13-21/h2-7,10-13,15-16,19,22,26-27H,8-9,14,17-18,32H2,1H3. The van der Waals surface area contributed by atoms with Gasteiger partial charge in [-0.1, -0.05) is 67.1 Å². The SMILES string of the molecule is COc1ccc(OC(F)(F)F)cc1CC1CCCCN(N)C1C(c1ccccc1)c1ccccc1. The number of nitrogens with zero attached hydrogens (tertiary/aromatic N) is 1. The largest absolute Gasteiger partial charge is 0.573 e. The Hall–Kier alpha value is -3.03. The third-order valence-electron chi connectivity index (χ3n) is 6.73. The maximum atomic E-state index is 12.9. The van der Waals surface area contributed by atoms with Gasteiger partial charge in [-0.25, -0.2) is 5.01 Å². The number of alkyl halides is 3. The number of hydrogen-bond acceptors (Lipinski definition) is 4. The molecule has 2 atom stereocenters. The van der Waals surface area contributed by atoms with Gasteiger partial charge >= 0.3 is 6.36 Å². The zero-order valence-corrected chi connectivity index (χ0v) is 19.7. The minimum atomic E-state index is -4.75. The monoisotopic (exact) mass is 484 g/mol. The van der Waals surface area contributed by atoms with Crippen LogP contribution in [0.2, 0.25) is 0 Å². The van der Waals surface area contributed by atoms with Crippen molar-refractivity contribution in [2.45, 2.75) is 44.0 Å². The van der Waals surface area contributed by atoms with Gasteiger partial charge in [0.15, 0.2) is 0 Å². The Morgan fingerprint density at radius 1 is 0.943 bits per heavy atom. The van der Waals surface area contributed by atoms with Crippen molar-refractivity contribution in [1.82, 2.24) is 5.01 Å². The van der Waals surface area contributed by atoms with E-state index in [-0.39, 0.29) is 23.6 Å². The Labute approximate surface area is 204 Å². The normalized spacial score (nSPS) is 19.4. The number of hydrazine groups is 1. The van der Waals surface area contributed by atoms with Crippen LogP contribution in [0.3, 0.4) is 0 Å². The van der Waals surface area contributed by atoms with Gasteiger partial charge in [-0.05, 0) is 60.1 Å². The van der Waals surface area contributed by atoms with Gasteiger partial charge in [0.2, 0.25) is 0 Å². The highest BCUT2D eigenvalue weighted by Gasteiger charge is 2.37. The van der Waals surface area contributed by atoms with Gasteiger partial charge in [0.25, 0.3) is 0 Å². The van der Waals surface area contributed by atoms with Gasteiger partial charge in [0.05, 0.1) is 7.11 Å². The number of nitrogens with two attached hydrogens (primary N) is 1. The molecule has 3 aromatic carbocycles. The van der Waals surface area contributed by atoms with E-state index < -0.39 is 6.36 Å². The van der Waals surface area contributed by atoms with Crippen LogP contribution < -0.4 is 15.3 Å². The molecule has 1 saturated heterocycles. The Morgan fingerprint density at radius 2 is 1.57 bits per heavy atom. The summed E-state index contributed by atoms with van der Waals surface area (Å²) in [5.74, 6) is 7.10. The molecule has 1 heterocycles. The molecule has 3 aromatic rings. The quantitative estimate of drug-likeness (QED) is 0.399. The fourth-order valence-corrected chi connectivity index (χ4v) is 5.28. The molecule has 2 unspecified atom stereocenters. The summed E-state index contributed by atoms with van der Waals surface area (Å²) in [6.07, 6.45) is -1.37. The lowest BCUT2D eigenvalue weighted by atomic mass is 9.75. The van der Waals surface area contributed by atoms with Gasteiger partial charge < -0.3 is 9.47 Å². The van der Waals surface area contributed by atoms with E-state index in [0.717, 1.165) is 36.9 Å². The molecule has 0 amide bonds. The number of hydrogen-bond donors (Lipinski definition) is 1. The summed E-state index contributed by atoms with van der Waals surface area (Å²) in [5, 5.41) is 1.94. The molecule has 7 heteroatoms. The van der Waals surface area contributed by atoms with E-state index in [1.54, 1.807) is 0 Å². The Kier molecular flexibility index (Phi) is 7.98. The molecule has 0 bridgehead atoms. The fourth-order valence-electron chi connectivity index (χ4n) is 5.28. The zero-order chi connectivity index (χ0) is 24.8. The third kappa shape index (κ3) is 6.35. The molecule has 1 aliphatic rings. The number of halogens is 3. The van der Waals surface area contributed by atoms with E-state index in [2.05, 4.69) is 29.0 Å².